The summed E-state index contributed by atoms with van der Waals surface area (Å²) in [5, 5.41) is 9.70. The molecule has 3 nitrogen and oxygen atoms in total. The van der Waals surface area contributed by atoms with Gasteiger partial charge in [-0.15, -0.1) is 0 Å². The molecule has 0 aromatic heterocycles. The Kier molecular flexibility index (Phi) is 3.84. The molecule has 3 atom stereocenters. The Morgan fingerprint density at radius 1 is 1.64 bits per heavy atom. The van der Waals surface area contributed by atoms with Crippen molar-refractivity contribution in [2.75, 3.05) is 7.11 Å². The number of methoxy groups -OCH3 is 1. The third-order valence-electron chi connectivity index (χ3n) is 2.96. The first-order valence-corrected chi connectivity index (χ1v) is 4.98. The summed E-state index contributed by atoms with van der Waals surface area (Å²) >= 11 is 0. The zero-order valence-corrected chi connectivity index (χ0v) is 8.99. The highest BCUT2D eigenvalue weighted by Crippen LogP contribution is 2.29. The molecule has 1 aliphatic carbocycles. The van der Waals surface area contributed by atoms with Crippen LogP contribution in [0.15, 0.2) is 11.6 Å². The van der Waals surface area contributed by atoms with Gasteiger partial charge in [0.2, 0.25) is 0 Å². The molecule has 14 heavy (non-hydrogen) atoms. The van der Waals surface area contributed by atoms with Crippen molar-refractivity contribution in [3.63, 3.8) is 0 Å². The largest absolute Gasteiger partial charge is 0.390 e. The number of aliphatic hydroxyl groups excluding tert-OH is 1. The van der Waals surface area contributed by atoms with Crippen molar-refractivity contribution in [3.8, 4) is 0 Å². The minimum Gasteiger partial charge on any atom is -0.390 e. The van der Waals surface area contributed by atoms with Gasteiger partial charge in [-0.2, -0.15) is 0 Å². The normalized spacial score (nSPS) is 34.7. The van der Waals surface area contributed by atoms with Gasteiger partial charge in [-0.25, -0.2) is 0 Å². The predicted molar refractivity (Wildman–Crippen MR) is 54.0 cm³/mol. The summed E-state index contributed by atoms with van der Waals surface area (Å²) in [7, 11) is 1.54. The molecule has 0 spiro atoms. The van der Waals surface area contributed by atoms with E-state index in [1.165, 1.54) is 0 Å². The van der Waals surface area contributed by atoms with Crippen molar-refractivity contribution >= 4 is 5.78 Å². The first-order chi connectivity index (χ1) is 6.61. The van der Waals surface area contributed by atoms with E-state index in [2.05, 4.69) is 0 Å². The highest BCUT2D eigenvalue weighted by molar-refractivity contribution is 5.85. The molecule has 0 aromatic rings. The lowest BCUT2D eigenvalue weighted by atomic mass is 9.79. The number of carbonyl (C=O) groups is 1. The minimum atomic E-state index is -0.516. The standard InChI is InChI=1S/C11H18O3/c1-4-7(2)10-8(12)5-6-9(13)11(10)14-3/h4,9-11,13H,5-6H2,1-3H3. The SMILES string of the molecule is CC=C(C)C1C(=O)CCC(O)C1OC. The van der Waals surface area contributed by atoms with Gasteiger partial charge in [-0.3, -0.25) is 4.79 Å². The van der Waals surface area contributed by atoms with E-state index in [1.807, 2.05) is 19.9 Å². The first kappa shape index (κ1) is 11.4. The summed E-state index contributed by atoms with van der Waals surface area (Å²) in [4.78, 5) is 11.7. The number of hydrogen-bond acceptors (Lipinski definition) is 3. The summed E-state index contributed by atoms with van der Waals surface area (Å²) < 4.78 is 5.20. The van der Waals surface area contributed by atoms with Crippen LogP contribution in [0.4, 0.5) is 0 Å². The lowest BCUT2D eigenvalue weighted by molar-refractivity contribution is -0.136. The van der Waals surface area contributed by atoms with Gasteiger partial charge in [0.25, 0.3) is 0 Å². The second-order valence-corrected chi connectivity index (χ2v) is 3.78. The zero-order chi connectivity index (χ0) is 10.7. The minimum absolute atomic E-state index is 0.178. The van der Waals surface area contributed by atoms with Crippen LogP contribution in [0.5, 0.6) is 0 Å². The number of carbonyl (C=O) groups excluding carboxylic acids is 1. The molecule has 3 unspecified atom stereocenters. The first-order valence-electron chi connectivity index (χ1n) is 4.98. The number of ether oxygens (including phenoxy) is 1. The Morgan fingerprint density at radius 2 is 2.29 bits per heavy atom. The van der Waals surface area contributed by atoms with Crippen LogP contribution in [-0.2, 0) is 9.53 Å². The highest BCUT2D eigenvalue weighted by Gasteiger charge is 2.38. The monoisotopic (exact) mass is 198 g/mol. The van der Waals surface area contributed by atoms with Crippen molar-refractivity contribution in [2.24, 2.45) is 5.92 Å². The van der Waals surface area contributed by atoms with Crippen LogP contribution in [0.1, 0.15) is 26.7 Å². The number of rotatable bonds is 2. The fourth-order valence-corrected chi connectivity index (χ4v) is 2.00. The second-order valence-electron chi connectivity index (χ2n) is 3.78. The topological polar surface area (TPSA) is 46.5 Å². The van der Waals surface area contributed by atoms with E-state index < -0.39 is 6.10 Å². The summed E-state index contributed by atoms with van der Waals surface area (Å²) in [5.74, 6) is -0.0773. The maximum Gasteiger partial charge on any atom is 0.142 e. The molecular weight excluding hydrogens is 180 g/mol. The van der Waals surface area contributed by atoms with E-state index in [0.29, 0.717) is 12.8 Å². The van der Waals surface area contributed by atoms with Gasteiger partial charge in [-0.1, -0.05) is 11.6 Å². The van der Waals surface area contributed by atoms with Crippen LogP contribution in [0.3, 0.4) is 0 Å². The number of hydrogen-bond donors (Lipinski definition) is 1. The van der Waals surface area contributed by atoms with Crippen molar-refractivity contribution in [1.82, 2.24) is 0 Å². The molecular formula is C11H18O3. The number of Topliss-reactive ketones (excluding diaryl/α,β-unsaturated/α-hetero) is 1. The number of ketones is 1. The van der Waals surface area contributed by atoms with Crippen molar-refractivity contribution in [1.29, 1.82) is 0 Å². The number of aliphatic hydroxyl groups is 1. The predicted octanol–water partition coefficient (Wildman–Crippen LogP) is 1.31. The van der Waals surface area contributed by atoms with Crippen LogP contribution in [0.2, 0.25) is 0 Å². The Hall–Kier alpha value is -0.670. The summed E-state index contributed by atoms with van der Waals surface area (Å²) in [6, 6.07) is 0. The van der Waals surface area contributed by atoms with Crippen molar-refractivity contribution in [3.05, 3.63) is 11.6 Å². The summed E-state index contributed by atoms with van der Waals surface area (Å²) in [6.45, 7) is 3.81. The van der Waals surface area contributed by atoms with E-state index in [9.17, 15) is 9.90 Å². The summed E-state index contributed by atoms with van der Waals surface area (Å²) in [6.07, 6.45) is 2.00. The van der Waals surface area contributed by atoms with Gasteiger partial charge < -0.3 is 9.84 Å². The van der Waals surface area contributed by atoms with Crippen LogP contribution in [0, 0.1) is 5.92 Å². The maximum atomic E-state index is 11.7. The van der Waals surface area contributed by atoms with Crippen LogP contribution in [-0.4, -0.2) is 30.2 Å². The smallest absolute Gasteiger partial charge is 0.142 e. The Bertz CT molecular complexity index is 245. The van der Waals surface area contributed by atoms with Gasteiger partial charge in [0.15, 0.2) is 0 Å². The quantitative estimate of drug-likeness (QED) is 0.680. The average molecular weight is 198 g/mol. The highest BCUT2D eigenvalue weighted by atomic mass is 16.5. The molecule has 0 saturated heterocycles. The molecule has 0 radical (unpaired) electrons. The van der Waals surface area contributed by atoms with Crippen molar-refractivity contribution in [2.45, 2.75) is 38.9 Å². The maximum absolute atomic E-state index is 11.7. The molecule has 0 heterocycles. The molecule has 1 fully saturated rings. The molecule has 1 rings (SSSR count). The third kappa shape index (κ3) is 2.04. The molecule has 1 N–H and O–H groups in total. The fourth-order valence-electron chi connectivity index (χ4n) is 2.00. The van der Waals surface area contributed by atoms with Gasteiger partial charge in [0.05, 0.1) is 18.1 Å². The van der Waals surface area contributed by atoms with E-state index >= 15 is 0 Å². The lowest BCUT2D eigenvalue weighted by Crippen LogP contribution is -2.44. The Balaban J connectivity index is 2.89. The molecule has 1 aliphatic rings. The van der Waals surface area contributed by atoms with E-state index in [0.717, 1.165) is 5.57 Å². The van der Waals surface area contributed by atoms with E-state index in [-0.39, 0.29) is 17.8 Å². The van der Waals surface area contributed by atoms with Crippen LogP contribution >= 0.6 is 0 Å². The van der Waals surface area contributed by atoms with Gasteiger partial charge in [0.1, 0.15) is 5.78 Å². The van der Waals surface area contributed by atoms with E-state index in [1.54, 1.807) is 7.11 Å². The fraction of sp³-hybridized carbons (Fsp3) is 0.727. The van der Waals surface area contributed by atoms with Gasteiger partial charge in [-0.05, 0) is 20.3 Å². The molecule has 0 bridgehead atoms. The zero-order valence-electron chi connectivity index (χ0n) is 8.99. The number of allylic oxidation sites excluding steroid dienone is 1. The van der Waals surface area contributed by atoms with E-state index in [4.69, 9.17) is 4.74 Å². The lowest BCUT2D eigenvalue weighted by Gasteiger charge is -2.33. The van der Waals surface area contributed by atoms with Crippen molar-refractivity contribution < 1.29 is 14.6 Å². The third-order valence-corrected chi connectivity index (χ3v) is 2.96. The van der Waals surface area contributed by atoms with Crippen LogP contribution in [0.25, 0.3) is 0 Å². The summed E-state index contributed by atoms with van der Waals surface area (Å²) in [5.41, 5.74) is 0.987. The molecule has 0 amide bonds. The molecule has 0 aliphatic heterocycles. The molecule has 3 heteroatoms. The molecule has 80 valence electrons. The Morgan fingerprint density at radius 3 is 2.79 bits per heavy atom. The second kappa shape index (κ2) is 4.71. The average Bonchev–Trinajstić information content (AvgIpc) is 2.19. The van der Waals surface area contributed by atoms with Gasteiger partial charge >= 0.3 is 0 Å². The Labute approximate surface area is 84.8 Å². The van der Waals surface area contributed by atoms with Gasteiger partial charge in [0, 0.05) is 13.5 Å². The van der Waals surface area contributed by atoms with Crippen LogP contribution < -0.4 is 0 Å². The molecule has 0 aromatic carbocycles. The molecule has 1 saturated carbocycles.